The normalized spacial score (nSPS) is 17.5. The van der Waals surface area contributed by atoms with Gasteiger partial charge >= 0.3 is 5.97 Å². The third kappa shape index (κ3) is 3.13. The topological polar surface area (TPSA) is 75.6 Å². The maximum absolute atomic E-state index is 12.2. The summed E-state index contributed by atoms with van der Waals surface area (Å²) in [5.41, 5.74) is -0.907. The van der Waals surface area contributed by atoms with Gasteiger partial charge in [0.25, 0.3) is 5.91 Å². The van der Waals surface area contributed by atoms with E-state index in [9.17, 15) is 14.7 Å². The van der Waals surface area contributed by atoms with Crippen LogP contribution >= 0.6 is 27.5 Å². The van der Waals surface area contributed by atoms with Crippen molar-refractivity contribution >= 4 is 39.4 Å². The number of aliphatic carboxylic acids is 1. The zero-order chi connectivity index (χ0) is 14.8. The molecule has 7 heteroatoms. The van der Waals surface area contributed by atoms with E-state index < -0.39 is 17.4 Å². The second-order valence-electron chi connectivity index (χ2n) is 4.58. The number of amides is 1. The van der Waals surface area contributed by atoms with Crippen LogP contribution in [0.25, 0.3) is 0 Å². The van der Waals surface area contributed by atoms with Gasteiger partial charge in [0.05, 0.1) is 5.02 Å². The van der Waals surface area contributed by atoms with Crippen molar-refractivity contribution in [2.24, 2.45) is 0 Å². The lowest BCUT2D eigenvalue weighted by atomic mass is 9.89. The average molecular weight is 363 g/mol. The molecule has 0 bridgehead atoms. The predicted octanol–water partition coefficient (Wildman–Crippen LogP) is 2.47. The molecule has 0 aliphatic carbocycles. The predicted molar refractivity (Wildman–Crippen MR) is 77.0 cm³/mol. The first-order chi connectivity index (χ1) is 9.44. The van der Waals surface area contributed by atoms with Gasteiger partial charge in [-0.05, 0) is 34.1 Å². The first-order valence-corrected chi connectivity index (χ1v) is 7.20. The fourth-order valence-corrected chi connectivity index (χ4v) is 2.54. The summed E-state index contributed by atoms with van der Waals surface area (Å²) >= 11 is 9.10. The number of carboxylic acid groups (broad SMARTS) is 1. The molecule has 2 rings (SSSR count). The summed E-state index contributed by atoms with van der Waals surface area (Å²) in [6.07, 6.45) is 0.506. The van der Waals surface area contributed by atoms with Crippen LogP contribution in [0.4, 0.5) is 0 Å². The van der Waals surface area contributed by atoms with E-state index in [0.29, 0.717) is 28.3 Å². The molecule has 1 amide bonds. The number of carboxylic acids is 1. The van der Waals surface area contributed by atoms with Crippen LogP contribution in [0.2, 0.25) is 5.02 Å². The Kier molecular flexibility index (Phi) is 4.67. The van der Waals surface area contributed by atoms with E-state index in [-0.39, 0.29) is 12.8 Å². The number of nitrogens with one attached hydrogen (secondary N) is 1. The standard InChI is InChI=1S/C13H13BrClNO4/c14-9-7-8(1-2-10(9)15)11(17)16-13(12(18)19)3-5-20-6-4-13/h1-2,7H,3-6H2,(H,16,17)(H,18,19). The first-order valence-electron chi connectivity index (χ1n) is 6.03. The van der Waals surface area contributed by atoms with Gasteiger partial charge in [-0.25, -0.2) is 4.79 Å². The number of halogens is 2. The maximum Gasteiger partial charge on any atom is 0.329 e. The minimum absolute atomic E-state index is 0.253. The minimum atomic E-state index is -1.26. The van der Waals surface area contributed by atoms with Gasteiger partial charge in [0, 0.05) is 36.1 Å². The van der Waals surface area contributed by atoms with Gasteiger partial charge in [-0.2, -0.15) is 0 Å². The van der Waals surface area contributed by atoms with Gasteiger partial charge in [0.2, 0.25) is 0 Å². The van der Waals surface area contributed by atoms with Crippen LogP contribution < -0.4 is 5.32 Å². The Hall–Kier alpha value is -1.11. The van der Waals surface area contributed by atoms with E-state index in [1.165, 1.54) is 0 Å². The highest BCUT2D eigenvalue weighted by Crippen LogP contribution is 2.25. The number of carbonyl (C=O) groups is 2. The zero-order valence-corrected chi connectivity index (χ0v) is 12.8. The molecule has 0 aromatic heterocycles. The van der Waals surface area contributed by atoms with Gasteiger partial charge in [-0.1, -0.05) is 11.6 Å². The van der Waals surface area contributed by atoms with E-state index >= 15 is 0 Å². The highest BCUT2D eigenvalue weighted by Gasteiger charge is 2.41. The monoisotopic (exact) mass is 361 g/mol. The van der Waals surface area contributed by atoms with Crippen molar-refractivity contribution in [1.29, 1.82) is 0 Å². The molecular formula is C13H13BrClNO4. The molecule has 2 N–H and O–H groups in total. The Morgan fingerprint density at radius 3 is 2.55 bits per heavy atom. The second-order valence-corrected chi connectivity index (χ2v) is 5.84. The fraction of sp³-hybridized carbons (Fsp3) is 0.385. The third-order valence-corrected chi connectivity index (χ3v) is 4.50. The molecule has 0 unspecified atom stereocenters. The molecule has 0 radical (unpaired) electrons. The fourth-order valence-electron chi connectivity index (χ4n) is 2.04. The molecule has 0 saturated carbocycles. The van der Waals surface area contributed by atoms with Crippen molar-refractivity contribution in [2.45, 2.75) is 18.4 Å². The van der Waals surface area contributed by atoms with E-state index in [1.54, 1.807) is 18.2 Å². The smallest absolute Gasteiger partial charge is 0.329 e. The highest BCUT2D eigenvalue weighted by atomic mass is 79.9. The van der Waals surface area contributed by atoms with Crippen molar-refractivity contribution in [3.05, 3.63) is 33.3 Å². The summed E-state index contributed by atoms with van der Waals surface area (Å²) in [6, 6.07) is 4.70. The molecule has 5 nitrogen and oxygen atoms in total. The Labute approximate surface area is 129 Å². The van der Waals surface area contributed by atoms with Crippen molar-refractivity contribution in [2.75, 3.05) is 13.2 Å². The lowest BCUT2D eigenvalue weighted by Crippen LogP contribution is -2.57. The van der Waals surface area contributed by atoms with Crippen LogP contribution in [-0.4, -0.2) is 35.7 Å². The number of carbonyl (C=O) groups excluding carboxylic acids is 1. The maximum atomic E-state index is 12.2. The molecule has 20 heavy (non-hydrogen) atoms. The quantitative estimate of drug-likeness (QED) is 0.866. The number of ether oxygens (including phenoxy) is 1. The molecule has 1 heterocycles. The van der Waals surface area contributed by atoms with Gasteiger partial charge in [-0.3, -0.25) is 4.79 Å². The van der Waals surface area contributed by atoms with Crippen LogP contribution in [0.15, 0.2) is 22.7 Å². The molecule has 0 atom stereocenters. The van der Waals surface area contributed by atoms with E-state index in [4.69, 9.17) is 16.3 Å². The molecule has 108 valence electrons. The molecule has 1 aromatic carbocycles. The Morgan fingerprint density at radius 2 is 2.00 bits per heavy atom. The van der Waals surface area contributed by atoms with Crippen molar-refractivity contribution in [3.8, 4) is 0 Å². The van der Waals surface area contributed by atoms with Crippen molar-refractivity contribution in [1.82, 2.24) is 5.32 Å². The Bertz CT molecular complexity index is 543. The van der Waals surface area contributed by atoms with Gasteiger partial charge in [-0.15, -0.1) is 0 Å². The van der Waals surface area contributed by atoms with Crippen LogP contribution in [0.1, 0.15) is 23.2 Å². The number of hydrogen-bond donors (Lipinski definition) is 2. The third-order valence-electron chi connectivity index (χ3n) is 3.29. The van der Waals surface area contributed by atoms with Crippen LogP contribution in [0, 0.1) is 0 Å². The lowest BCUT2D eigenvalue weighted by molar-refractivity contribution is -0.148. The van der Waals surface area contributed by atoms with Gasteiger partial charge in [0.15, 0.2) is 0 Å². The molecule has 1 saturated heterocycles. The molecule has 1 aromatic rings. The summed E-state index contributed by atoms with van der Waals surface area (Å²) in [5.74, 6) is -1.48. The second kappa shape index (κ2) is 6.11. The molecule has 1 aliphatic rings. The van der Waals surface area contributed by atoms with Crippen LogP contribution in [0.5, 0.6) is 0 Å². The molecular weight excluding hydrogens is 350 g/mol. The van der Waals surface area contributed by atoms with Crippen molar-refractivity contribution < 1.29 is 19.4 Å². The summed E-state index contributed by atoms with van der Waals surface area (Å²) < 4.78 is 5.74. The molecule has 1 aliphatic heterocycles. The van der Waals surface area contributed by atoms with Gasteiger partial charge < -0.3 is 15.2 Å². The van der Waals surface area contributed by atoms with Gasteiger partial charge in [0.1, 0.15) is 5.54 Å². The summed E-state index contributed by atoms with van der Waals surface area (Å²) in [7, 11) is 0. The first kappa shape index (κ1) is 15.3. The van der Waals surface area contributed by atoms with Crippen LogP contribution in [-0.2, 0) is 9.53 Å². The summed E-state index contributed by atoms with van der Waals surface area (Å²) in [5, 5.41) is 12.5. The average Bonchev–Trinajstić information content (AvgIpc) is 2.42. The highest BCUT2D eigenvalue weighted by molar-refractivity contribution is 9.10. The van der Waals surface area contributed by atoms with Crippen LogP contribution in [0.3, 0.4) is 0 Å². The Morgan fingerprint density at radius 1 is 1.35 bits per heavy atom. The SMILES string of the molecule is O=C(NC1(C(=O)O)CCOCC1)c1ccc(Cl)c(Br)c1. The minimum Gasteiger partial charge on any atom is -0.480 e. The van der Waals surface area contributed by atoms with E-state index in [0.717, 1.165) is 0 Å². The largest absolute Gasteiger partial charge is 0.480 e. The molecule has 0 spiro atoms. The van der Waals surface area contributed by atoms with E-state index in [1.807, 2.05) is 0 Å². The molecule has 1 fully saturated rings. The number of rotatable bonds is 3. The van der Waals surface area contributed by atoms with Crippen molar-refractivity contribution in [3.63, 3.8) is 0 Å². The summed E-state index contributed by atoms with van der Waals surface area (Å²) in [4.78, 5) is 23.7. The summed E-state index contributed by atoms with van der Waals surface area (Å²) in [6.45, 7) is 0.633. The lowest BCUT2D eigenvalue weighted by Gasteiger charge is -2.33. The Balaban J connectivity index is 2.20. The number of benzene rings is 1. The number of hydrogen-bond acceptors (Lipinski definition) is 3. The van der Waals surface area contributed by atoms with E-state index in [2.05, 4.69) is 21.2 Å². The zero-order valence-electron chi connectivity index (χ0n) is 10.5.